The van der Waals surface area contributed by atoms with E-state index in [1.54, 1.807) is 6.69 Å². The van der Waals surface area contributed by atoms with Crippen molar-refractivity contribution in [2.75, 3.05) is 0 Å². The van der Waals surface area contributed by atoms with E-state index in [1.807, 2.05) is 13.4 Å². The molecule has 0 aromatic carbocycles. The van der Waals surface area contributed by atoms with Gasteiger partial charge in [-0.1, -0.05) is 0 Å². The van der Waals surface area contributed by atoms with E-state index >= 15 is 0 Å². The maximum absolute atomic E-state index is 9.65. The van der Waals surface area contributed by atoms with Crippen LogP contribution in [-0.4, -0.2) is 38.8 Å². The Bertz CT molecular complexity index is 105. The van der Waals surface area contributed by atoms with Crippen molar-refractivity contribution < 1.29 is 4.70 Å². The summed E-state index contributed by atoms with van der Waals surface area (Å²) in [6, 6.07) is 0. The van der Waals surface area contributed by atoms with Crippen molar-refractivity contribution in [3.63, 3.8) is 0 Å². The average molecular weight is 209 g/mol. The van der Waals surface area contributed by atoms with Crippen LogP contribution in [0.1, 0.15) is 0 Å². The molecule has 0 saturated heterocycles. The van der Waals surface area contributed by atoms with E-state index in [2.05, 4.69) is 22.4 Å². The van der Waals surface area contributed by atoms with Crippen LogP contribution in [0.25, 0.3) is 0 Å². The van der Waals surface area contributed by atoms with Gasteiger partial charge in [0.05, 0.1) is 0 Å². The van der Waals surface area contributed by atoms with Crippen LogP contribution in [0.2, 0.25) is 0 Å². The zero-order chi connectivity index (χ0) is 6.24. The maximum atomic E-state index is 9.65. The van der Waals surface area contributed by atoms with E-state index in [9.17, 15) is 4.70 Å². The minimum atomic E-state index is 0.761. The fourth-order valence-electron chi connectivity index (χ4n) is 0.240. The average Bonchev–Trinajstić information content (AvgIpc) is 1.81. The normalized spacial score (nSPS) is 6.12. The van der Waals surface area contributed by atoms with Crippen molar-refractivity contribution in [1.82, 2.24) is 0 Å². The van der Waals surface area contributed by atoms with Crippen LogP contribution < -0.4 is 0 Å². The van der Waals surface area contributed by atoms with Crippen molar-refractivity contribution >= 4 is 61.2 Å². The van der Waals surface area contributed by atoms with E-state index < -0.39 is 0 Å². The predicted molar refractivity (Wildman–Crippen MR) is 50.6 cm³/mol. The quantitative estimate of drug-likeness (QED) is 0.396. The van der Waals surface area contributed by atoms with Crippen LogP contribution in [0.15, 0.2) is 0 Å². The van der Waals surface area contributed by atoms with Crippen molar-refractivity contribution in [2.24, 2.45) is 0 Å². The summed E-state index contributed by atoms with van der Waals surface area (Å²) in [5.74, 6) is 0. The first-order valence-electron chi connectivity index (χ1n) is 2.24. The predicted octanol–water partition coefficient (Wildman–Crippen LogP) is -1.79. The molecule has 0 bridgehead atoms. The zero-order valence-electron chi connectivity index (χ0n) is 4.38. The van der Waals surface area contributed by atoms with Gasteiger partial charge in [0.2, 0.25) is 0 Å². The summed E-state index contributed by atoms with van der Waals surface area (Å²) in [5, 5.41) is 0.987. The van der Waals surface area contributed by atoms with Crippen LogP contribution in [0.4, 0.5) is 0 Å². The van der Waals surface area contributed by atoms with Gasteiger partial charge >= 0.3 is 65.9 Å². The molecule has 0 rings (SSSR count). The molecule has 1 nitrogen and oxygen atoms in total. The summed E-state index contributed by atoms with van der Waals surface area (Å²) >= 11 is 2.23. The van der Waals surface area contributed by atoms with Gasteiger partial charge in [0.15, 0.2) is 0 Å². The van der Waals surface area contributed by atoms with E-state index in [-0.39, 0.29) is 0 Å². The molecule has 0 aliphatic carbocycles. The number of rotatable bonds is 3. The topological polar surface area (TPSA) is 17.1 Å². The van der Waals surface area contributed by atoms with Gasteiger partial charge < -0.3 is 0 Å². The molecule has 0 aliphatic rings. The van der Waals surface area contributed by atoms with Crippen LogP contribution in [-0.2, 0) is 4.70 Å². The van der Waals surface area contributed by atoms with Crippen LogP contribution in [0, 0.1) is 0 Å². The fraction of sp³-hybridized carbons (Fsp3) is 0. The SMILES string of the molecule is O=B/B=B\B=B/BI. The molecular formula is HB6IO. The minimum absolute atomic E-state index is 0.761. The summed E-state index contributed by atoms with van der Waals surface area (Å²) in [7, 11) is 0.761. The van der Waals surface area contributed by atoms with E-state index in [1.165, 1.54) is 6.69 Å². The first kappa shape index (κ1) is 8.92. The first-order valence-corrected chi connectivity index (χ1v) is 3.77. The standard InChI is InChI=1S/B6HIO/c7-5-3-1-2-4-6-8/h5H. The van der Waals surface area contributed by atoms with Crippen molar-refractivity contribution in [3.05, 3.63) is 0 Å². The van der Waals surface area contributed by atoms with Gasteiger partial charge in [-0.05, 0) is 0 Å². The molecule has 0 N–H and O–H groups in total. The third-order valence-corrected chi connectivity index (χ3v) is 1.03. The molecule has 8 heavy (non-hydrogen) atoms. The molecule has 0 heterocycles. The van der Waals surface area contributed by atoms with Gasteiger partial charge in [-0.2, -0.15) is 0 Å². The Morgan fingerprint density at radius 2 is 2.00 bits per heavy atom. The third kappa shape index (κ3) is 6.92. The Morgan fingerprint density at radius 3 is 2.50 bits per heavy atom. The molecule has 0 saturated carbocycles. The third-order valence-electron chi connectivity index (χ3n) is 0.526. The van der Waals surface area contributed by atoms with E-state index in [4.69, 9.17) is 0 Å². The summed E-state index contributed by atoms with van der Waals surface area (Å²) < 4.78 is 9.65. The molecule has 0 fully saturated rings. The Hall–Kier alpha value is 0.920. The molecule has 0 amide bonds. The van der Waals surface area contributed by atoms with E-state index in [0.29, 0.717) is 0 Å². The van der Waals surface area contributed by atoms with Gasteiger partial charge in [0.1, 0.15) is 0 Å². The summed E-state index contributed by atoms with van der Waals surface area (Å²) in [5.41, 5.74) is 0. The van der Waals surface area contributed by atoms with Crippen molar-refractivity contribution in [1.29, 1.82) is 0 Å². The Balaban J connectivity index is 3.26. The van der Waals surface area contributed by atoms with Crippen LogP contribution >= 0.6 is 22.4 Å². The zero-order valence-corrected chi connectivity index (χ0v) is 6.54. The molecule has 0 aromatic heterocycles. The Morgan fingerprint density at radius 1 is 1.25 bits per heavy atom. The molecule has 8 heteroatoms. The van der Waals surface area contributed by atoms with Gasteiger partial charge in [-0.25, -0.2) is 0 Å². The van der Waals surface area contributed by atoms with Crippen LogP contribution in [0.5, 0.6) is 0 Å². The second kappa shape index (κ2) is 7.92. The van der Waals surface area contributed by atoms with Crippen molar-refractivity contribution in [3.8, 4) is 0 Å². The molecule has 0 radical (unpaired) electrons. The Labute approximate surface area is 65.9 Å². The number of hydrogen-bond donors (Lipinski definition) is 0. The van der Waals surface area contributed by atoms with Gasteiger partial charge in [0, 0.05) is 0 Å². The van der Waals surface area contributed by atoms with Crippen molar-refractivity contribution in [2.45, 2.75) is 0 Å². The fourth-order valence-corrected chi connectivity index (χ4v) is 0.533. The molecule has 0 aliphatic heterocycles. The summed E-state index contributed by atoms with van der Waals surface area (Å²) in [6.45, 7) is 7.00. The second-order valence-electron chi connectivity index (χ2n) is 1.10. The molecule has 0 unspecified atom stereocenters. The summed E-state index contributed by atoms with van der Waals surface area (Å²) in [4.78, 5) is 0. The Kier molecular flexibility index (Phi) is 8.83. The van der Waals surface area contributed by atoms with E-state index in [0.717, 1.165) is 12.1 Å². The van der Waals surface area contributed by atoms with Crippen LogP contribution in [0.3, 0.4) is 0 Å². The monoisotopic (exact) mass is 210 g/mol. The van der Waals surface area contributed by atoms with Gasteiger partial charge in [-0.15, -0.1) is 0 Å². The van der Waals surface area contributed by atoms with Gasteiger partial charge in [0.25, 0.3) is 0 Å². The molecule has 0 spiro atoms. The first-order chi connectivity index (χ1) is 3.91. The molecule has 0 atom stereocenters. The number of halogens is 1. The number of hydrogen-bond acceptors (Lipinski definition) is 1. The second-order valence-corrected chi connectivity index (χ2v) is 1.98. The molecule has 0 aromatic rings. The molecule has 32 valence electrons. The van der Waals surface area contributed by atoms with Gasteiger partial charge in [-0.3, -0.25) is 0 Å². The molecular weight excluding hydrogens is 208 g/mol. The summed E-state index contributed by atoms with van der Waals surface area (Å²) in [6.07, 6.45) is 0.